The number of methoxy groups -OCH3 is 2. The maximum atomic E-state index is 5.37. The molecule has 0 aromatic heterocycles. The Bertz CT molecular complexity index is 380. The normalized spacial score (nSPS) is 11.4. The molecular weight excluding hydrogens is 246 g/mol. The summed E-state index contributed by atoms with van der Waals surface area (Å²) < 4.78 is 10.8. The number of thioether (sulfide) groups is 1. The van der Waals surface area contributed by atoms with Gasteiger partial charge in [0.1, 0.15) is 11.5 Å². The Morgan fingerprint density at radius 1 is 1.22 bits per heavy atom. The highest BCUT2D eigenvalue weighted by atomic mass is 32.2. The van der Waals surface area contributed by atoms with Crippen molar-refractivity contribution in [2.24, 2.45) is 0 Å². The first kappa shape index (κ1) is 15.2. The van der Waals surface area contributed by atoms with Crippen LogP contribution in [0.25, 0.3) is 0 Å². The highest BCUT2D eigenvalue weighted by molar-refractivity contribution is 7.99. The van der Waals surface area contributed by atoms with E-state index in [0.29, 0.717) is 0 Å². The summed E-state index contributed by atoms with van der Waals surface area (Å²) in [5.41, 5.74) is 1.15. The molecule has 0 spiro atoms. The molecule has 0 radical (unpaired) electrons. The molecule has 3 nitrogen and oxygen atoms in total. The molecule has 0 bridgehead atoms. The molecule has 4 heteroatoms. The zero-order valence-corrected chi connectivity index (χ0v) is 12.7. The van der Waals surface area contributed by atoms with Crippen molar-refractivity contribution in [3.8, 4) is 11.5 Å². The third-order valence-corrected chi connectivity index (χ3v) is 4.16. The Hall–Kier alpha value is -0.870. The van der Waals surface area contributed by atoms with Crippen molar-refractivity contribution >= 4 is 11.8 Å². The third-order valence-electron chi connectivity index (χ3n) is 2.91. The molecule has 0 heterocycles. The van der Waals surface area contributed by atoms with E-state index in [-0.39, 0.29) is 4.75 Å². The predicted octanol–water partition coefficient (Wildman–Crippen LogP) is 2.94. The van der Waals surface area contributed by atoms with Crippen LogP contribution in [0.4, 0.5) is 0 Å². The Labute approximate surface area is 114 Å². The molecular formula is C14H23NO2S. The third kappa shape index (κ3) is 4.42. The van der Waals surface area contributed by atoms with E-state index < -0.39 is 0 Å². The summed E-state index contributed by atoms with van der Waals surface area (Å²) in [6.07, 6.45) is 2.13. The van der Waals surface area contributed by atoms with E-state index in [2.05, 4.69) is 25.4 Å². The summed E-state index contributed by atoms with van der Waals surface area (Å²) in [5.74, 6) is 1.68. The van der Waals surface area contributed by atoms with Gasteiger partial charge in [-0.05, 0) is 26.2 Å². The van der Waals surface area contributed by atoms with Crippen LogP contribution in [0.1, 0.15) is 19.4 Å². The van der Waals surface area contributed by atoms with Gasteiger partial charge in [0.15, 0.2) is 0 Å². The second-order valence-electron chi connectivity index (χ2n) is 4.75. The second-order valence-corrected chi connectivity index (χ2v) is 6.26. The molecule has 0 unspecified atom stereocenters. The zero-order chi connectivity index (χ0) is 13.6. The fourth-order valence-electron chi connectivity index (χ4n) is 1.57. The molecule has 0 aliphatic rings. The lowest BCUT2D eigenvalue weighted by Crippen LogP contribution is -2.31. The fraction of sp³-hybridized carbons (Fsp3) is 0.571. The maximum absolute atomic E-state index is 5.37. The summed E-state index contributed by atoms with van der Waals surface area (Å²) in [4.78, 5) is 0. The highest BCUT2D eigenvalue weighted by Crippen LogP contribution is 2.25. The second kappa shape index (κ2) is 6.90. The van der Waals surface area contributed by atoms with E-state index in [1.165, 1.54) is 0 Å². The summed E-state index contributed by atoms with van der Waals surface area (Å²) in [6.45, 7) is 6.23. The average Bonchev–Trinajstić information content (AvgIpc) is 2.38. The lowest BCUT2D eigenvalue weighted by Gasteiger charge is -2.22. The van der Waals surface area contributed by atoms with Crippen molar-refractivity contribution in [3.05, 3.63) is 23.8 Å². The number of benzene rings is 1. The number of hydrogen-bond donors (Lipinski definition) is 1. The van der Waals surface area contributed by atoms with Crippen LogP contribution in [-0.4, -0.2) is 31.8 Å². The molecule has 0 saturated carbocycles. The van der Waals surface area contributed by atoms with E-state index in [9.17, 15) is 0 Å². The van der Waals surface area contributed by atoms with E-state index in [1.54, 1.807) is 14.2 Å². The standard InChI is InChI=1S/C14H23NO2S/c1-14(2,18-5)10-15-9-11-6-7-12(16-3)8-13(11)17-4/h6-8,15H,9-10H2,1-5H3. The first-order chi connectivity index (χ1) is 8.52. The van der Waals surface area contributed by atoms with Gasteiger partial charge in [-0.15, -0.1) is 0 Å². The van der Waals surface area contributed by atoms with Gasteiger partial charge < -0.3 is 14.8 Å². The number of hydrogen-bond acceptors (Lipinski definition) is 4. The summed E-state index contributed by atoms with van der Waals surface area (Å²) in [7, 11) is 3.35. The summed E-state index contributed by atoms with van der Waals surface area (Å²) >= 11 is 1.86. The molecule has 1 rings (SSSR count). The first-order valence-electron chi connectivity index (χ1n) is 5.99. The smallest absolute Gasteiger partial charge is 0.127 e. The topological polar surface area (TPSA) is 30.5 Å². The van der Waals surface area contributed by atoms with Crippen LogP contribution in [0.15, 0.2) is 18.2 Å². The minimum absolute atomic E-state index is 0.250. The lowest BCUT2D eigenvalue weighted by molar-refractivity contribution is 0.389. The molecule has 1 aromatic carbocycles. The Morgan fingerprint density at radius 3 is 2.50 bits per heavy atom. The number of ether oxygens (including phenoxy) is 2. The Kier molecular flexibility index (Phi) is 5.82. The van der Waals surface area contributed by atoms with Crippen molar-refractivity contribution < 1.29 is 9.47 Å². The van der Waals surface area contributed by atoms with Crippen LogP contribution in [0.2, 0.25) is 0 Å². The van der Waals surface area contributed by atoms with Gasteiger partial charge in [-0.2, -0.15) is 11.8 Å². The minimum atomic E-state index is 0.250. The molecule has 0 saturated heterocycles. The van der Waals surface area contributed by atoms with Gasteiger partial charge in [-0.1, -0.05) is 6.07 Å². The summed E-state index contributed by atoms with van der Waals surface area (Å²) in [6, 6.07) is 5.91. The quantitative estimate of drug-likeness (QED) is 0.824. The summed E-state index contributed by atoms with van der Waals surface area (Å²) in [5, 5.41) is 3.46. The maximum Gasteiger partial charge on any atom is 0.127 e. The van der Waals surface area contributed by atoms with Crippen LogP contribution in [0, 0.1) is 0 Å². The van der Waals surface area contributed by atoms with Crippen molar-refractivity contribution in [2.45, 2.75) is 25.1 Å². The van der Waals surface area contributed by atoms with Crippen LogP contribution >= 0.6 is 11.8 Å². The lowest BCUT2D eigenvalue weighted by atomic mass is 10.1. The number of nitrogens with one attached hydrogen (secondary N) is 1. The van der Waals surface area contributed by atoms with Gasteiger partial charge in [-0.3, -0.25) is 0 Å². The monoisotopic (exact) mass is 269 g/mol. The molecule has 18 heavy (non-hydrogen) atoms. The first-order valence-corrected chi connectivity index (χ1v) is 7.21. The average molecular weight is 269 g/mol. The molecule has 0 aliphatic heterocycles. The van der Waals surface area contributed by atoms with E-state index >= 15 is 0 Å². The number of rotatable bonds is 7. The molecule has 1 aromatic rings. The highest BCUT2D eigenvalue weighted by Gasteiger charge is 2.15. The van der Waals surface area contributed by atoms with Crippen molar-refractivity contribution in [1.29, 1.82) is 0 Å². The fourth-order valence-corrected chi connectivity index (χ4v) is 1.81. The molecule has 1 N–H and O–H groups in total. The van der Waals surface area contributed by atoms with Crippen LogP contribution in [0.3, 0.4) is 0 Å². The van der Waals surface area contributed by atoms with Crippen LogP contribution in [0.5, 0.6) is 11.5 Å². The van der Waals surface area contributed by atoms with E-state index in [1.807, 2.05) is 30.0 Å². The molecule has 0 atom stereocenters. The SMILES string of the molecule is COc1ccc(CNCC(C)(C)SC)c(OC)c1. The van der Waals surface area contributed by atoms with Gasteiger partial charge in [0.2, 0.25) is 0 Å². The Morgan fingerprint density at radius 2 is 1.94 bits per heavy atom. The minimum Gasteiger partial charge on any atom is -0.497 e. The van der Waals surface area contributed by atoms with Gasteiger partial charge >= 0.3 is 0 Å². The van der Waals surface area contributed by atoms with Crippen molar-refractivity contribution in [3.63, 3.8) is 0 Å². The van der Waals surface area contributed by atoms with Gasteiger partial charge in [0.05, 0.1) is 14.2 Å². The van der Waals surface area contributed by atoms with Crippen LogP contribution < -0.4 is 14.8 Å². The van der Waals surface area contributed by atoms with Gasteiger partial charge in [0.25, 0.3) is 0 Å². The predicted molar refractivity (Wildman–Crippen MR) is 78.8 cm³/mol. The van der Waals surface area contributed by atoms with Gasteiger partial charge in [-0.25, -0.2) is 0 Å². The van der Waals surface area contributed by atoms with Crippen LogP contribution in [-0.2, 0) is 6.54 Å². The molecule has 0 amide bonds. The Balaban J connectivity index is 2.62. The van der Waals surface area contributed by atoms with Crippen molar-refractivity contribution in [2.75, 3.05) is 27.0 Å². The van der Waals surface area contributed by atoms with E-state index in [4.69, 9.17) is 9.47 Å². The van der Waals surface area contributed by atoms with E-state index in [0.717, 1.165) is 30.2 Å². The molecule has 0 aliphatic carbocycles. The van der Waals surface area contributed by atoms with Crippen molar-refractivity contribution in [1.82, 2.24) is 5.32 Å². The largest absolute Gasteiger partial charge is 0.497 e. The molecule has 102 valence electrons. The van der Waals surface area contributed by atoms with Gasteiger partial charge in [0, 0.05) is 29.5 Å². The zero-order valence-electron chi connectivity index (χ0n) is 11.9. The molecule has 0 fully saturated rings.